The molecular weight excluding hydrogens is 426 g/mol. The van der Waals surface area contributed by atoms with Gasteiger partial charge in [0.25, 0.3) is 0 Å². The van der Waals surface area contributed by atoms with Gasteiger partial charge in [-0.2, -0.15) is 0 Å². The van der Waals surface area contributed by atoms with Crippen LogP contribution in [0.15, 0.2) is 87.8 Å². The van der Waals surface area contributed by atoms with E-state index in [1.165, 1.54) is 16.8 Å². The third-order valence-electron chi connectivity index (χ3n) is 4.80. The van der Waals surface area contributed by atoms with Gasteiger partial charge in [0.2, 0.25) is 0 Å². The summed E-state index contributed by atoms with van der Waals surface area (Å²) in [6.07, 6.45) is 0. The highest BCUT2D eigenvalue weighted by molar-refractivity contribution is 9.10. The Labute approximate surface area is 159 Å². The first-order valence-electron chi connectivity index (χ1n) is 7.99. The van der Waals surface area contributed by atoms with E-state index in [0.717, 1.165) is 22.0 Å². The molecule has 0 bridgehead atoms. The maximum absolute atomic E-state index is 3.63. The Morgan fingerprint density at radius 1 is 0.667 bits per heavy atom. The lowest BCUT2D eigenvalue weighted by Gasteiger charge is -2.52. The molecule has 0 atom stereocenters. The SMILES string of the molecule is Brc1cccc(C2(c3cccc(Br)c3)CN(c3ccccc3)C2)c1. The second-order valence-corrected chi connectivity index (χ2v) is 8.13. The molecule has 0 aromatic heterocycles. The predicted octanol–water partition coefficient (Wildman–Crippen LogP) is 6.02. The molecule has 1 fully saturated rings. The lowest BCUT2D eigenvalue weighted by molar-refractivity contribution is 0.396. The van der Waals surface area contributed by atoms with E-state index in [4.69, 9.17) is 0 Å². The fraction of sp³-hybridized carbons (Fsp3) is 0.143. The molecule has 3 aromatic carbocycles. The minimum absolute atomic E-state index is 0.0312. The van der Waals surface area contributed by atoms with Crippen LogP contribution in [0.2, 0.25) is 0 Å². The number of hydrogen-bond donors (Lipinski definition) is 0. The Balaban J connectivity index is 1.75. The van der Waals surface area contributed by atoms with E-state index in [1.807, 2.05) is 0 Å². The number of nitrogens with zero attached hydrogens (tertiary/aromatic N) is 1. The molecule has 1 aliphatic heterocycles. The first-order valence-corrected chi connectivity index (χ1v) is 9.58. The molecule has 3 aromatic rings. The minimum Gasteiger partial charge on any atom is -0.369 e. The maximum Gasteiger partial charge on any atom is 0.0553 e. The van der Waals surface area contributed by atoms with Crippen molar-refractivity contribution in [2.45, 2.75) is 5.41 Å². The molecule has 1 nitrogen and oxygen atoms in total. The molecule has 0 saturated carbocycles. The van der Waals surface area contributed by atoms with Gasteiger partial charge in [-0.25, -0.2) is 0 Å². The zero-order valence-electron chi connectivity index (χ0n) is 13.1. The molecule has 0 aliphatic carbocycles. The third-order valence-corrected chi connectivity index (χ3v) is 5.78. The van der Waals surface area contributed by atoms with E-state index in [9.17, 15) is 0 Å². The van der Waals surface area contributed by atoms with Gasteiger partial charge in [0.05, 0.1) is 5.41 Å². The van der Waals surface area contributed by atoms with E-state index < -0.39 is 0 Å². The number of para-hydroxylation sites is 1. The van der Waals surface area contributed by atoms with Crippen molar-refractivity contribution in [3.05, 3.63) is 98.9 Å². The second-order valence-electron chi connectivity index (χ2n) is 6.29. The monoisotopic (exact) mass is 441 g/mol. The Morgan fingerprint density at radius 3 is 1.71 bits per heavy atom. The summed E-state index contributed by atoms with van der Waals surface area (Å²) in [5.74, 6) is 0. The lowest BCUT2D eigenvalue weighted by Crippen LogP contribution is -2.60. The topological polar surface area (TPSA) is 3.24 Å². The van der Waals surface area contributed by atoms with Crippen LogP contribution in [-0.2, 0) is 5.41 Å². The zero-order chi connectivity index (χ0) is 16.6. The van der Waals surface area contributed by atoms with Crippen LogP contribution in [0, 0.1) is 0 Å². The molecular formula is C21H17Br2N. The van der Waals surface area contributed by atoms with Gasteiger partial charge in [0.1, 0.15) is 0 Å². The largest absolute Gasteiger partial charge is 0.369 e. The van der Waals surface area contributed by atoms with Crippen LogP contribution in [0.25, 0.3) is 0 Å². The molecule has 0 radical (unpaired) electrons. The molecule has 0 N–H and O–H groups in total. The maximum atomic E-state index is 3.63. The molecule has 3 heteroatoms. The molecule has 0 spiro atoms. The normalized spacial score (nSPS) is 15.8. The summed E-state index contributed by atoms with van der Waals surface area (Å²) in [5.41, 5.74) is 4.05. The van der Waals surface area contributed by atoms with Gasteiger partial charge in [-0.15, -0.1) is 0 Å². The zero-order valence-corrected chi connectivity index (χ0v) is 16.3. The quantitative estimate of drug-likeness (QED) is 0.479. The molecule has 1 saturated heterocycles. The van der Waals surface area contributed by atoms with Crippen LogP contribution in [0.1, 0.15) is 11.1 Å². The van der Waals surface area contributed by atoms with Gasteiger partial charge in [-0.3, -0.25) is 0 Å². The van der Waals surface area contributed by atoms with Crippen molar-refractivity contribution in [3.63, 3.8) is 0 Å². The van der Waals surface area contributed by atoms with E-state index in [-0.39, 0.29) is 5.41 Å². The van der Waals surface area contributed by atoms with Crippen LogP contribution in [-0.4, -0.2) is 13.1 Å². The Hall–Kier alpha value is -1.58. The van der Waals surface area contributed by atoms with Gasteiger partial charge >= 0.3 is 0 Å². The molecule has 24 heavy (non-hydrogen) atoms. The fourth-order valence-corrected chi connectivity index (χ4v) is 4.33. The highest BCUT2D eigenvalue weighted by atomic mass is 79.9. The van der Waals surface area contributed by atoms with Crippen molar-refractivity contribution in [1.29, 1.82) is 0 Å². The predicted molar refractivity (Wildman–Crippen MR) is 108 cm³/mol. The number of rotatable bonds is 3. The van der Waals surface area contributed by atoms with Crippen LogP contribution < -0.4 is 4.90 Å². The highest BCUT2D eigenvalue weighted by Crippen LogP contribution is 2.44. The summed E-state index contributed by atoms with van der Waals surface area (Å²) >= 11 is 7.26. The number of halogens is 2. The molecule has 1 aliphatic rings. The van der Waals surface area contributed by atoms with Crippen molar-refractivity contribution in [2.75, 3.05) is 18.0 Å². The van der Waals surface area contributed by atoms with E-state index in [1.54, 1.807) is 0 Å². The minimum atomic E-state index is 0.0312. The average Bonchev–Trinajstić information content (AvgIpc) is 2.55. The number of benzene rings is 3. The van der Waals surface area contributed by atoms with Crippen molar-refractivity contribution in [3.8, 4) is 0 Å². The van der Waals surface area contributed by atoms with Gasteiger partial charge in [-0.1, -0.05) is 74.3 Å². The van der Waals surface area contributed by atoms with E-state index >= 15 is 0 Å². The van der Waals surface area contributed by atoms with Gasteiger partial charge in [-0.05, 0) is 47.5 Å². The molecule has 0 amide bonds. The smallest absolute Gasteiger partial charge is 0.0553 e. The molecule has 1 heterocycles. The van der Waals surface area contributed by atoms with Crippen LogP contribution in [0.5, 0.6) is 0 Å². The Bertz CT molecular complexity index is 807. The van der Waals surface area contributed by atoms with Gasteiger partial charge in [0.15, 0.2) is 0 Å². The molecule has 4 rings (SSSR count). The summed E-state index contributed by atoms with van der Waals surface area (Å²) in [6, 6.07) is 28.1. The first kappa shape index (κ1) is 15.9. The summed E-state index contributed by atoms with van der Waals surface area (Å²) < 4.78 is 2.26. The average molecular weight is 443 g/mol. The van der Waals surface area contributed by atoms with Crippen molar-refractivity contribution in [1.82, 2.24) is 0 Å². The standard InChI is InChI=1S/C21H17Br2N/c22-18-8-4-6-16(12-18)21(17-7-5-9-19(23)13-17)14-24(15-21)20-10-2-1-3-11-20/h1-13H,14-15H2. The first-order chi connectivity index (χ1) is 11.7. The van der Waals surface area contributed by atoms with Crippen molar-refractivity contribution < 1.29 is 0 Å². The summed E-state index contributed by atoms with van der Waals surface area (Å²) in [7, 11) is 0. The van der Waals surface area contributed by atoms with Crippen molar-refractivity contribution in [2.24, 2.45) is 0 Å². The van der Waals surface area contributed by atoms with Crippen LogP contribution >= 0.6 is 31.9 Å². The number of anilines is 1. The summed E-state index contributed by atoms with van der Waals surface area (Å²) in [4.78, 5) is 2.45. The summed E-state index contributed by atoms with van der Waals surface area (Å²) in [6.45, 7) is 1.98. The Morgan fingerprint density at radius 2 is 1.21 bits per heavy atom. The summed E-state index contributed by atoms with van der Waals surface area (Å²) in [5, 5.41) is 0. The van der Waals surface area contributed by atoms with Crippen LogP contribution in [0.3, 0.4) is 0 Å². The lowest BCUT2D eigenvalue weighted by atomic mass is 9.68. The molecule has 0 unspecified atom stereocenters. The Kier molecular flexibility index (Phi) is 4.23. The van der Waals surface area contributed by atoms with Crippen molar-refractivity contribution >= 4 is 37.5 Å². The van der Waals surface area contributed by atoms with Gasteiger partial charge < -0.3 is 4.90 Å². The van der Waals surface area contributed by atoms with Gasteiger partial charge in [0, 0.05) is 27.7 Å². The molecule has 120 valence electrons. The highest BCUT2D eigenvalue weighted by Gasteiger charge is 2.46. The number of hydrogen-bond acceptors (Lipinski definition) is 1. The third kappa shape index (κ3) is 2.80. The van der Waals surface area contributed by atoms with Crippen LogP contribution in [0.4, 0.5) is 5.69 Å². The van der Waals surface area contributed by atoms with E-state index in [0.29, 0.717) is 0 Å². The second kappa shape index (κ2) is 6.38. The fourth-order valence-electron chi connectivity index (χ4n) is 3.53. The van der Waals surface area contributed by atoms with E-state index in [2.05, 4.69) is 116 Å².